The van der Waals surface area contributed by atoms with Gasteiger partial charge in [-0.3, -0.25) is 24.2 Å². The SMILES string of the molecule is COC(=O)C1CCCN1CN1C(=O)c2ccccc2C1=O. The van der Waals surface area contributed by atoms with Gasteiger partial charge in [0.2, 0.25) is 0 Å². The van der Waals surface area contributed by atoms with Crippen molar-refractivity contribution in [1.82, 2.24) is 9.80 Å². The lowest BCUT2D eigenvalue weighted by Crippen LogP contribution is -2.46. The number of benzene rings is 1. The molecule has 1 aromatic carbocycles. The number of hydrogen-bond donors (Lipinski definition) is 0. The maximum Gasteiger partial charge on any atom is 0.323 e. The van der Waals surface area contributed by atoms with Gasteiger partial charge < -0.3 is 4.74 Å². The molecule has 1 aromatic rings. The van der Waals surface area contributed by atoms with Gasteiger partial charge in [0.1, 0.15) is 6.04 Å². The molecule has 0 N–H and O–H groups in total. The molecule has 3 rings (SSSR count). The third-order valence-electron chi connectivity index (χ3n) is 4.04. The van der Waals surface area contributed by atoms with E-state index in [9.17, 15) is 14.4 Å². The summed E-state index contributed by atoms with van der Waals surface area (Å²) in [6, 6.07) is 6.40. The van der Waals surface area contributed by atoms with Crippen molar-refractivity contribution in [2.24, 2.45) is 0 Å². The first kappa shape index (κ1) is 13.8. The Bertz CT molecular complexity index is 578. The minimum absolute atomic E-state index is 0.131. The fourth-order valence-corrected chi connectivity index (χ4v) is 2.95. The normalized spacial score (nSPS) is 21.8. The molecule has 6 nitrogen and oxygen atoms in total. The average molecular weight is 288 g/mol. The molecular formula is C15H16N2O4. The molecule has 2 amide bonds. The predicted molar refractivity (Wildman–Crippen MR) is 73.6 cm³/mol. The highest BCUT2D eigenvalue weighted by molar-refractivity contribution is 6.21. The number of carbonyl (C=O) groups excluding carboxylic acids is 3. The Kier molecular flexibility index (Phi) is 3.47. The lowest BCUT2D eigenvalue weighted by Gasteiger charge is -2.26. The molecular weight excluding hydrogens is 272 g/mol. The maximum absolute atomic E-state index is 12.3. The molecule has 1 atom stereocenters. The van der Waals surface area contributed by atoms with Crippen molar-refractivity contribution < 1.29 is 19.1 Å². The lowest BCUT2D eigenvalue weighted by atomic mass is 10.1. The van der Waals surface area contributed by atoms with Crippen LogP contribution in [0.15, 0.2) is 24.3 Å². The number of fused-ring (bicyclic) bond motifs is 1. The fourth-order valence-electron chi connectivity index (χ4n) is 2.95. The van der Waals surface area contributed by atoms with Crippen LogP contribution in [0.1, 0.15) is 33.6 Å². The summed E-state index contributed by atoms with van der Waals surface area (Å²) in [5.41, 5.74) is 0.854. The first-order valence-electron chi connectivity index (χ1n) is 6.90. The van der Waals surface area contributed by atoms with Gasteiger partial charge in [-0.15, -0.1) is 0 Å². The van der Waals surface area contributed by atoms with Crippen LogP contribution in [0.2, 0.25) is 0 Å². The van der Waals surface area contributed by atoms with Crippen molar-refractivity contribution in [3.63, 3.8) is 0 Å². The molecule has 21 heavy (non-hydrogen) atoms. The van der Waals surface area contributed by atoms with Gasteiger partial charge in [0.05, 0.1) is 24.9 Å². The van der Waals surface area contributed by atoms with E-state index < -0.39 is 0 Å². The summed E-state index contributed by atoms with van der Waals surface area (Å²) in [4.78, 5) is 39.4. The number of esters is 1. The fraction of sp³-hybridized carbons (Fsp3) is 0.400. The second-order valence-corrected chi connectivity index (χ2v) is 5.22. The van der Waals surface area contributed by atoms with Crippen LogP contribution in [-0.2, 0) is 9.53 Å². The molecule has 1 unspecified atom stereocenters. The van der Waals surface area contributed by atoms with E-state index >= 15 is 0 Å². The van der Waals surface area contributed by atoms with Crippen LogP contribution < -0.4 is 0 Å². The number of hydrogen-bond acceptors (Lipinski definition) is 5. The predicted octanol–water partition coefficient (Wildman–Crippen LogP) is 0.877. The van der Waals surface area contributed by atoms with Gasteiger partial charge in [-0.1, -0.05) is 12.1 Å². The number of methoxy groups -OCH3 is 1. The van der Waals surface area contributed by atoms with E-state index in [1.807, 2.05) is 4.90 Å². The van der Waals surface area contributed by atoms with Crippen molar-refractivity contribution in [1.29, 1.82) is 0 Å². The number of rotatable bonds is 3. The quantitative estimate of drug-likeness (QED) is 0.610. The van der Waals surface area contributed by atoms with Gasteiger partial charge in [-0.25, -0.2) is 0 Å². The monoisotopic (exact) mass is 288 g/mol. The van der Waals surface area contributed by atoms with Crippen LogP contribution in [0.25, 0.3) is 0 Å². The van der Waals surface area contributed by atoms with Crippen LogP contribution in [0.3, 0.4) is 0 Å². The van der Waals surface area contributed by atoms with Crippen molar-refractivity contribution in [3.05, 3.63) is 35.4 Å². The highest BCUT2D eigenvalue weighted by Gasteiger charge is 2.39. The number of ether oxygens (including phenoxy) is 1. The lowest BCUT2D eigenvalue weighted by molar-refractivity contribution is -0.146. The van der Waals surface area contributed by atoms with Crippen LogP contribution in [0, 0.1) is 0 Å². The summed E-state index contributed by atoms with van der Waals surface area (Å²) in [7, 11) is 1.35. The molecule has 2 aliphatic rings. The molecule has 0 aliphatic carbocycles. The number of likely N-dealkylation sites (tertiary alicyclic amines) is 1. The number of carbonyl (C=O) groups is 3. The van der Waals surface area contributed by atoms with Gasteiger partial charge in [0.25, 0.3) is 11.8 Å². The van der Waals surface area contributed by atoms with Crippen LogP contribution >= 0.6 is 0 Å². The average Bonchev–Trinajstić information content (AvgIpc) is 3.06. The number of amides is 2. The zero-order valence-corrected chi connectivity index (χ0v) is 11.7. The Morgan fingerprint density at radius 3 is 2.43 bits per heavy atom. The molecule has 0 radical (unpaired) electrons. The summed E-state index contributed by atoms with van der Waals surface area (Å²) in [5, 5.41) is 0. The molecule has 0 bridgehead atoms. The molecule has 2 aliphatic heterocycles. The smallest absolute Gasteiger partial charge is 0.323 e. The highest BCUT2D eigenvalue weighted by Crippen LogP contribution is 2.25. The molecule has 0 saturated carbocycles. The Hall–Kier alpha value is -2.21. The summed E-state index contributed by atoms with van der Waals surface area (Å²) < 4.78 is 4.78. The Morgan fingerprint density at radius 1 is 1.24 bits per heavy atom. The summed E-state index contributed by atoms with van der Waals surface area (Å²) in [6.07, 6.45) is 1.54. The van der Waals surface area contributed by atoms with E-state index in [2.05, 4.69) is 0 Å². The first-order chi connectivity index (χ1) is 10.1. The van der Waals surface area contributed by atoms with E-state index in [4.69, 9.17) is 4.74 Å². The third kappa shape index (κ3) is 2.21. The molecule has 1 fully saturated rings. The van der Waals surface area contributed by atoms with Crippen LogP contribution in [0.4, 0.5) is 0 Å². The molecule has 0 spiro atoms. The molecule has 6 heteroatoms. The second kappa shape index (κ2) is 5.29. The minimum Gasteiger partial charge on any atom is -0.468 e. The molecule has 2 heterocycles. The molecule has 1 saturated heterocycles. The highest BCUT2D eigenvalue weighted by atomic mass is 16.5. The Morgan fingerprint density at radius 2 is 1.86 bits per heavy atom. The van der Waals surface area contributed by atoms with Crippen molar-refractivity contribution in [2.75, 3.05) is 20.3 Å². The zero-order chi connectivity index (χ0) is 15.0. The van der Waals surface area contributed by atoms with Crippen LogP contribution in [0.5, 0.6) is 0 Å². The van der Waals surface area contributed by atoms with Crippen molar-refractivity contribution in [2.45, 2.75) is 18.9 Å². The third-order valence-corrected chi connectivity index (χ3v) is 4.04. The van der Waals surface area contributed by atoms with Gasteiger partial charge in [0.15, 0.2) is 0 Å². The Labute approximate surface area is 122 Å². The van der Waals surface area contributed by atoms with E-state index in [1.165, 1.54) is 12.0 Å². The van der Waals surface area contributed by atoms with Gasteiger partial charge in [-0.2, -0.15) is 0 Å². The van der Waals surface area contributed by atoms with E-state index in [-0.39, 0.29) is 30.5 Å². The number of nitrogens with zero attached hydrogens (tertiary/aromatic N) is 2. The summed E-state index contributed by atoms with van der Waals surface area (Å²) in [5.74, 6) is -0.915. The first-order valence-corrected chi connectivity index (χ1v) is 6.90. The largest absolute Gasteiger partial charge is 0.468 e. The number of imide groups is 1. The minimum atomic E-state index is -0.376. The van der Waals surface area contributed by atoms with E-state index in [0.29, 0.717) is 24.1 Å². The standard InChI is InChI=1S/C15H16N2O4/c1-21-15(20)12-7-4-8-16(12)9-17-13(18)10-5-2-3-6-11(10)14(17)19/h2-3,5-6,12H,4,7-9H2,1H3. The van der Waals surface area contributed by atoms with Crippen molar-refractivity contribution >= 4 is 17.8 Å². The second-order valence-electron chi connectivity index (χ2n) is 5.22. The zero-order valence-electron chi connectivity index (χ0n) is 11.7. The summed E-state index contributed by atoms with van der Waals surface area (Å²) in [6.45, 7) is 0.805. The van der Waals surface area contributed by atoms with Gasteiger partial charge >= 0.3 is 5.97 Å². The van der Waals surface area contributed by atoms with Gasteiger partial charge in [-0.05, 0) is 25.0 Å². The molecule has 0 aromatic heterocycles. The topological polar surface area (TPSA) is 66.9 Å². The van der Waals surface area contributed by atoms with Crippen molar-refractivity contribution in [3.8, 4) is 0 Å². The Balaban J connectivity index is 1.79. The van der Waals surface area contributed by atoms with Crippen LogP contribution in [-0.4, -0.2) is 53.9 Å². The van der Waals surface area contributed by atoms with Gasteiger partial charge in [0, 0.05) is 6.54 Å². The molecule has 110 valence electrons. The van der Waals surface area contributed by atoms with E-state index in [1.54, 1.807) is 24.3 Å². The summed E-state index contributed by atoms with van der Waals surface area (Å²) >= 11 is 0. The maximum atomic E-state index is 12.3. The van der Waals surface area contributed by atoms with E-state index in [0.717, 1.165) is 6.42 Å².